The smallest absolute Gasteiger partial charge is 0.422 e. The van der Waals surface area contributed by atoms with Gasteiger partial charge in [-0.15, -0.1) is 0 Å². The minimum absolute atomic E-state index is 0.0399. The van der Waals surface area contributed by atoms with E-state index in [0.717, 1.165) is 5.56 Å². The molecule has 0 bridgehead atoms. The number of rotatable bonds is 6. The molecule has 0 spiro atoms. The summed E-state index contributed by atoms with van der Waals surface area (Å²) in [7, 11) is 0. The average Bonchev–Trinajstić information content (AvgIpc) is 2.93. The number of aliphatic hydroxyl groups excluding tert-OH is 1. The molecule has 0 aliphatic carbocycles. The van der Waals surface area contributed by atoms with E-state index >= 15 is 0 Å². The minimum atomic E-state index is -4.50. The van der Waals surface area contributed by atoms with Crippen LogP contribution < -0.4 is 15.0 Å². The Kier molecular flexibility index (Phi) is 8.27. The lowest BCUT2D eigenvalue weighted by Gasteiger charge is -2.29. The number of hydrogen-bond donors (Lipinski definition) is 2. The number of nitrogens with zero attached hydrogens (tertiary/aromatic N) is 2. The number of carbonyl (C=O) groups is 2. The second-order valence-electron chi connectivity index (χ2n) is 7.88. The Morgan fingerprint density at radius 3 is 2.65 bits per heavy atom. The summed E-state index contributed by atoms with van der Waals surface area (Å²) in [5.41, 5.74) is 1.46. The molecule has 0 unspecified atom stereocenters. The molecule has 11 heteroatoms. The molecule has 7 nitrogen and oxygen atoms in total. The number of alkyl halides is 3. The number of aliphatic hydroxyl groups is 1. The van der Waals surface area contributed by atoms with Crippen LogP contribution in [0.1, 0.15) is 29.3 Å². The van der Waals surface area contributed by atoms with Gasteiger partial charge in [0.25, 0.3) is 5.91 Å². The third-order valence-electron chi connectivity index (χ3n) is 5.29. The maximum atomic E-state index is 13.5. The second-order valence-corrected chi connectivity index (χ2v) is 8.28. The van der Waals surface area contributed by atoms with Crippen LogP contribution in [0.5, 0.6) is 5.75 Å². The van der Waals surface area contributed by atoms with Crippen LogP contribution >= 0.6 is 11.6 Å². The van der Waals surface area contributed by atoms with Gasteiger partial charge in [0, 0.05) is 38.0 Å². The Bertz CT molecular complexity index is 1030. The number of amides is 3. The third kappa shape index (κ3) is 6.32. The SMILES string of the molecule is C[C@@H]1CN(C(=O)c2ccc(OCC(F)(F)F)cc2Cl)c2ccccc2CN1C(=O)NCCCO. The number of fused-ring (bicyclic) bond motifs is 1. The highest BCUT2D eigenvalue weighted by atomic mass is 35.5. The summed E-state index contributed by atoms with van der Waals surface area (Å²) in [5, 5.41) is 11.7. The number of urea groups is 1. The van der Waals surface area contributed by atoms with Gasteiger partial charge >= 0.3 is 12.2 Å². The molecule has 1 aliphatic rings. The Labute approximate surface area is 200 Å². The van der Waals surface area contributed by atoms with E-state index in [-0.39, 0.29) is 48.1 Å². The van der Waals surface area contributed by atoms with E-state index in [1.165, 1.54) is 23.1 Å². The van der Waals surface area contributed by atoms with E-state index in [1.807, 2.05) is 13.0 Å². The first-order valence-corrected chi connectivity index (χ1v) is 11.0. The standard InChI is InChI=1S/C23H25ClF3N3O4/c1-15-12-30(21(32)18-8-7-17(11-19(18)24)34-14-23(25,26)27)20-6-3-2-5-16(20)13-29(15)22(33)28-9-4-10-31/h2-3,5-8,11,15,31H,4,9-10,12-14H2,1H3,(H,28,33)/t15-/m1/s1. The van der Waals surface area contributed by atoms with Crippen molar-refractivity contribution in [1.29, 1.82) is 0 Å². The van der Waals surface area contributed by atoms with Crippen molar-refractivity contribution in [3.05, 3.63) is 58.6 Å². The van der Waals surface area contributed by atoms with Crippen molar-refractivity contribution in [2.75, 3.05) is 31.2 Å². The molecule has 184 valence electrons. The van der Waals surface area contributed by atoms with Gasteiger partial charge in [-0.3, -0.25) is 4.79 Å². The molecule has 1 atom stereocenters. The summed E-state index contributed by atoms with van der Waals surface area (Å²) in [6.07, 6.45) is -4.07. The molecule has 1 heterocycles. The van der Waals surface area contributed by atoms with Crippen molar-refractivity contribution in [3.8, 4) is 5.75 Å². The fourth-order valence-corrected chi connectivity index (χ4v) is 3.87. The van der Waals surface area contributed by atoms with Crippen LogP contribution in [0.15, 0.2) is 42.5 Å². The maximum Gasteiger partial charge on any atom is 0.422 e. The molecule has 0 saturated heterocycles. The van der Waals surface area contributed by atoms with E-state index in [0.29, 0.717) is 18.7 Å². The fraction of sp³-hybridized carbons (Fsp3) is 0.391. The number of nitrogens with one attached hydrogen (secondary N) is 1. The molecule has 2 aromatic rings. The van der Waals surface area contributed by atoms with Gasteiger partial charge in [0.1, 0.15) is 5.75 Å². The van der Waals surface area contributed by atoms with Crippen LogP contribution in [0.2, 0.25) is 5.02 Å². The Morgan fingerprint density at radius 1 is 1.24 bits per heavy atom. The average molecular weight is 500 g/mol. The number of hydrogen-bond acceptors (Lipinski definition) is 4. The number of ether oxygens (including phenoxy) is 1. The van der Waals surface area contributed by atoms with Crippen LogP contribution in [-0.2, 0) is 6.54 Å². The zero-order chi connectivity index (χ0) is 24.9. The van der Waals surface area contributed by atoms with Crippen molar-refractivity contribution in [1.82, 2.24) is 10.2 Å². The van der Waals surface area contributed by atoms with Crippen LogP contribution in [0.25, 0.3) is 0 Å². The quantitative estimate of drug-likeness (QED) is 0.583. The summed E-state index contributed by atoms with van der Waals surface area (Å²) in [4.78, 5) is 29.3. The topological polar surface area (TPSA) is 82.1 Å². The van der Waals surface area contributed by atoms with E-state index in [2.05, 4.69) is 5.32 Å². The molecule has 0 saturated carbocycles. The molecule has 0 aromatic heterocycles. The lowest BCUT2D eigenvalue weighted by molar-refractivity contribution is -0.153. The second kappa shape index (κ2) is 11.0. The lowest BCUT2D eigenvalue weighted by atomic mass is 10.1. The highest BCUT2D eigenvalue weighted by Gasteiger charge is 2.32. The van der Waals surface area contributed by atoms with Gasteiger partial charge in [-0.25, -0.2) is 4.79 Å². The van der Waals surface area contributed by atoms with Crippen molar-refractivity contribution in [2.24, 2.45) is 0 Å². The molecule has 2 N–H and O–H groups in total. The highest BCUT2D eigenvalue weighted by molar-refractivity contribution is 6.34. The third-order valence-corrected chi connectivity index (χ3v) is 5.61. The van der Waals surface area contributed by atoms with Crippen LogP contribution in [0.3, 0.4) is 0 Å². The summed E-state index contributed by atoms with van der Waals surface area (Å²) in [5.74, 6) is -0.552. The molecule has 3 rings (SSSR count). The lowest BCUT2D eigenvalue weighted by Crippen LogP contribution is -2.48. The van der Waals surface area contributed by atoms with E-state index in [4.69, 9.17) is 21.4 Å². The molecule has 0 radical (unpaired) electrons. The Morgan fingerprint density at radius 2 is 1.97 bits per heavy atom. The monoisotopic (exact) mass is 499 g/mol. The van der Waals surface area contributed by atoms with Crippen molar-refractivity contribution < 1.29 is 32.6 Å². The van der Waals surface area contributed by atoms with Crippen LogP contribution in [-0.4, -0.2) is 60.5 Å². The molecular formula is C23H25ClF3N3O4. The largest absolute Gasteiger partial charge is 0.484 e. The van der Waals surface area contributed by atoms with Crippen molar-refractivity contribution >= 4 is 29.2 Å². The predicted molar refractivity (Wildman–Crippen MR) is 121 cm³/mol. The molecule has 0 fully saturated rings. The zero-order valence-corrected chi connectivity index (χ0v) is 19.2. The van der Waals surface area contributed by atoms with Crippen molar-refractivity contribution in [3.63, 3.8) is 0 Å². The molecule has 3 amide bonds. The van der Waals surface area contributed by atoms with Gasteiger partial charge in [-0.1, -0.05) is 29.8 Å². The van der Waals surface area contributed by atoms with Crippen LogP contribution in [0.4, 0.5) is 23.7 Å². The Hall–Kier alpha value is -2.98. The highest BCUT2D eigenvalue weighted by Crippen LogP contribution is 2.31. The Balaban J connectivity index is 1.85. The van der Waals surface area contributed by atoms with Crippen LogP contribution in [0, 0.1) is 0 Å². The summed E-state index contributed by atoms with van der Waals surface area (Å²) >= 11 is 6.24. The fourth-order valence-electron chi connectivity index (χ4n) is 3.62. The maximum absolute atomic E-state index is 13.5. The summed E-state index contributed by atoms with van der Waals surface area (Å²) in [6.45, 7) is 1.07. The van der Waals surface area contributed by atoms with Gasteiger partial charge in [0.05, 0.1) is 10.6 Å². The molecular weight excluding hydrogens is 475 g/mol. The van der Waals surface area contributed by atoms with Gasteiger partial charge < -0.3 is 25.0 Å². The summed E-state index contributed by atoms with van der Waals surface area (Å²) in [6, 6.07) is 10.3. The van der Waals surface area contributed by atoms with E-state index in [1.54, 1.807) is 23.1 Å². The first-order valence-electron chi connectivity index (χ1n) is 10.6. The van der Waals surface area contributed by atoms with Crippen molar-refractivity contribution in [2.45, 2.75) is 32.1 Å². The predicted octanol–water partition coefficient (Wildman–Crippen LogP) is 4.22. The minimum Gasteiger partial charge on any atom is -0.484 e. The van der Waals surface area contributed by atoms with Gasteiger partial charge in [-0.05, 0) is 43.2 Å². The van der Waals surface area contributed by atoms with Gasteiger partial charge in [0.2, 0.25) is 0 Å². The number of halogens is 4. The zero-order valence-electron chi connectivity index (χ0n) is 18.4. The first-order chi connectivity index (χ1) is 16.1. The number of para-hydroxylation sites is 1. The van der Waals surface area contributed by atoms with Gasteiger partial charge in [0.15, 0.2) is 6.61 Å². The normalized spacial score (nSPS) is 16.0. The first kappa shape index (κ1) is 25.6. The summed E-state index contributed by atoms with van der Waals surface area (Å²) < 4.78 is 42.0. The number of carbonyl (C=O) groups excluding carboxylic acids is 2. The number of benzene rings is 2. The van der Waals surface area contributed by atoms with Gasteiger partial charge in [-0.2, -0.15) is 13.2 Å². The molecule has 1 aliphatic heterocycles. The number of anilines is 1. The van der Waals surface area contributed by atoms with E-state index < -0.39 is 18.7 Å². The van der Waals surface area contributed by atoms with E-state index in [9.17, 15) is 22.8 Å². The molecule has 2 aromatic carbocycles. The molecule has 34 heavy (non-hydrogen) atoms.